The van der Waals surface area contributed by atoms with E-state index in [1.165, 1.54) is 0 Å². The second-order valence-corrected chi connectivity index (χ2v) is 5.25. The zero-order chi connectivity index (χ0) is 15.2. The molecule has 2 rings (SSSR count). The zero-order valence-electron chi connectivity index (χ0n) is 13.1. The maximum atomic E-state index is 5.42. The van der Waals surface area contributed by atoms with Crippen molar-refractivity contribution in [3.63, 3.8) is 0 Å². The first-order chi connectivity index (χ1) is 10.1. The fourth-order valence-corrected chi connectivity index (χ4v) is 2.09. The lowest BCUT2D eigenvalue weighted by Crippen LogP contribution is -2.23. The summed E-state index contributed by atoms with van der Waals surface area (Å²) >= 11 is 0. The number of aromatic nitrogens is 1. The molecule has 0 aliphatic carbocycles. The van der Waals surface area contributed by atoms with Crippen LogP contribution in [0.1, 0.15) is 19.5 Å². The fourth-order valence-electron chi connectivity index (χ4n) is 2.09. The SMILES string of the molecule is COc1ccccc1N(C)c1cccc(CNC(C)C)n1. The molecular weight excluding hydrogens is 262 g/mol. The summed E-state index contributed by atoms with van der Waals surface area (Å²) < 4.78 is 5.42. The van der Waals surface area contributed by atoms with E-state index in [9.17, 15) is 0 Å². The van der Waals surface area contributed by atoms with Gasteiger partial charge in [0.2, 0.25) is 0 Å². The minimum atomic E-state index is 0.447. The van der Waals surface area contributed by atoms with Gasteiger partial charge in [0.1, 0.15) is 11.6 Å². The van der Waals surface area contributed by atoms with Crippen LogP contribution in [0.3, 0.4) is 0 Å². The van der Waals surface area contributed by atoms with E-state index in [-0.39, 0.29) is 0 Å². The molecule has 112 valence electrons. The van der Waals surface area contributed by atoms with Crippen LogP contribution in [-0.4, -0.2) is 25.2 Å². The smallest absolute Gasteiger partial charge is 0.142 e. The van der Waals surface area contributed by atoms with Crippen LogP contribution in [0.2, 0.25) is 0 Å². The van der Waals surface area contributed by atoms with Crippen molar-refractivity contribution in [2.24, 2.45) is 0 Å². The molecule has 0 amide bonds. The molecule has 0 atom stereocenters. The Labute approximate surface area is 126 Å². The van der Waals surface area contributed by atoms with Crippen molar-refractivity contribution in [3.05, 3.63) is 48.2 Å². The molecule has 0 saturated carbocycles. The largest absolute Gasteiger partial charge is 0.495 e. The topological polar surface area (TPSA) is 37.4 Å². The van der Waals surface area contributed by atoms with Gasteiger partial charge in [-0.15, -0.1) is 0 Å². The quantitative estimate of drug-likeness (QED) is 0.883. The number of anilines is 2. The number of hydrogen-bond acceptors (Lipinski definition) is 4. The first kappa shape index (κ1) is 15.3. The lowest BCUT2D eigenvalue weighted by Gasteiger charge is -2.21. The molecule has 0 unspecified atom stereocenters. The van der Waals surface area contributed by atoms with Crippen LogP contribution in [0.5, 0.6) is 5.75 Å². The van der Waals surface area contributed by atoms with E-state index < -0.39 is 0 Å². The summed E-state index contributed by atoms with van der Waals surface area (Å²) in [5.41, 5.74) is 2.03. The van der Waals surface area contributed by atoms with Crippen molar-refractivity contribution in [2.75, 3.05) is 19.1 Å². The monoisotopic (exact) mass is 285 g/mol. The molecule has 0 aliphatic rings. The van der Waals surface area contributed by atoms with Gasteiger partial charge in [0, 0.05) is 19.6 Å². The maximum absolute atomic E-state index is 5.42. The molecule has 2 aromatic rings. The van der Waals surface area contributed by atoms with Crippen molar-refractivity contribution in [1.29, 1.82) is 0 Å². The molecule has 0 radical (unpaired) electrons. The molecule has 0 bridgehead atoms. The predicted octanol–water partition coefficient (Wildman–Crippen LogP) is 3.36. The molecule has 0 fully saturated rings. The van der Waals surface area contributed by atoms with E-state index in [4.69, 9.17) is 9.72 Å². The highest BCUT2D eigenvalue weighted by molar-refractivity contribution is 5.66. The molecule has 1 aromatic carbocycles. The summed E-state index contributed by atoms with van der Waals surface area (Å²) in [4.78, 5) is 6.74. The van der Waals surface area contributed by atoms with Crippen LogP contribution in [0.4, 0.5) is 11.5 Å². The van der Waals surface area contributed by atoms with Gasteiger partial charge in [0.15, 0.2) is 0 Å². The molecule has 1 heterocycles. The molecule has 4 heteroatoms. The number of benzene rings is 1. The first-order valence-electron chi connectivity index (χ1n) is 7.18. The van der Waals surface area contributed by atoms with Gasteiger partial charge in [0.25, 0.3) is 0 Å². The van der Waals surface area contributed by atoms with Crippen molar-refractivity contribution >= 4 is 11.5 Å². The Bertz CT molecular complexity index is 584. The van der Waals surface area contributed by atoms with Gasteiger partial charge in [0.05, 0.1) is 18.5 Å². The molecule has 0 aliphatic heterocycles. The highest BCUT2D eigenvalue weighted by Gasteiger charge is 2.10. The molecule has 1 aromatic heterocycles. The number of ether oxygens (including phenoxy) is 1. The highest BCUT2D eigenvalue weighted by Crippen LogP contribution is 2.31. The number of methoxy groups -OCH3 is 1. The van der Waals surface area contributed by atoms with Crippen molar-refractivity contribution in [3.8, 4) is 5.75 Å². The van der Waals surface area contributed by atoms with Gasteiger partial charge < -0.3 is 15.0 Å². The number of hydrogen-bond donors (Lipinski definition) is 1. The van der Waals surface area contributed by atoms with E-state index in [0.717, 1.165) is 29.5 Å². The number of rotatable bonds is 6. The van der Waals surface area contributed by atoms with Gasteiger partial charge in [-0.05, 0) is 24.3 Å². The van der Waals surface area contributed by atoms with E-state index >= 15 is 0 Å². The minimum Gasteiger partial charge on any atom is -0.495 e. The van der Waals surface area contributed by atoms with Crippen LogP contribution in [-0.2, 0) is 6.54 Å². The van der Waals surface area contributed by atoms with Crippen molar-refractivity contribution < 1.29 is 4.74 Å². The Morgan fingerprint density at radius 2 is 1.90 bits per heavy atom. The Balaban J connectivity index is 2.22. The summed E-state index contributed by atoms with van der Waals surface area (Å²) in [5.74, 6) is 1.75. The molecule has 4 nitrogen and oxygen atoms in total. The molecule has 21 heavy (non-hydrogen) atoms. The van der Waals surface area contributed by atoms with E-state index in [2.05, 4.69) is 19.2 Å². The average molecular weight is 285 g/mol. The Hall–Kier alpha value is -2.07. The lowest BCUT2D eigenvalue weighted by molar-refractivity contribution is 0.415. The second kappa shape index (κ2) is 7.09. The van der Waals surface area contributed by atoms with Gasteiger partial charge in [-0.3, -0.25) is 0 Å². The second-order valence-electron chi connectivity index (χ2n) is 5.25. The summed E-state index contributed by atoms with van der Waals surface area (Å²) in [7, 11) is 3.68. The van der Waals surface area contributed by atoms with E-state index in [1.807, 2.05) is 54.4 Å². The van der Waals surface area contributed by atoms with Crippen molar-refractivity contribution in [2.45, 2.75) is 26.4 Å². The fraction of sp³-hybridized carbons (Fsp3) is 0.353. The normalized spacial score (nSPS) is 10.7. The van der Waals surface area contributed by atoms with E-state index in [1.54, 1.807) is 7.11 Å². The predicted molar refractivity (Wildman–Crippen MR) is 87.3 cm³/mol. The van der Waals surface area contributed by atoms with Gasteiger partial charge in [-0.25, -0.2) is 4.98 Å². The third-order valence-corrected chi connectivity index (χ3v) is 3.27. The number of para-hydroxylation sites is 2. The first-order valence-corrected chi connectivity index (χ1v) is 7.18. The molecule has 1 N–H and O–H groups in total. The number of pyridine rings is 1. The van der Waals surface area contributed by atoms with Crippen LogP contribution in [0.25, 0.3) is 0 Å². The van der Waals surface area contributed by atoms with Crippen molar-refractivity contribution in [1.82, 2.24) is 10.3 Å². The summed E-state index contributed by atoms with van der Waals surface area (Å²) in [6, 6.07) is 14.5. The third-order valence-electron chi connectivity index (χ3n) is 3.27. The van der Waals surface area contributed by atoms with Crippen LogP contribution in [0, 0.1) is 0 Å². The maximum Gasteiger partial charge on any atom is 0.142 e. The zero-order valence-corrected chi connectivity index (χ0v) is 13.1. The van der Waals surface area contributed by atoms with Gasteiger partial charge >= 0.3 is 0 Å². The van der Waals surface area contributed by atoms with Crippen LogP contribution < -0.4 is 15.0 Å². The summed E-state index contributed by atoms with van der Waals surface area (Å²) in [6.45, 7) is 5.03. The summed E-state index contributed by atoms with van der Waals surface area (Å²) in [6.07, 6.45) is 0. The molecular formula is C17H23N3O. The number of nitrogens with one attached hydrogen (secondary N) is 1. The van der Waals surface area contributed by atoms with Gasteiger partial charge in [-0.1, -0.05) is 32.0 Å². The van der Waals surface area contributed by atoms with Crippen LogP contribution >= 0.6 is 0 Å². The average Bonchev–Trinajstić information content (AvgIpc) is 2.52. The Morgan fingerprint density at radius 1 is 1.14 bits per heavy atom. The Morgan fingerprint density at radius 3 is 2.62 bits per heavy atom. The summed E-state index contributed by atoms with van der Waals surface area (Å²) in [5, 5.41) is 3.38. The molecule has 0 spiro atoms. The lowest BCUT2D eigenvalue weighted by atomic mass is 10.2. The highest BCUT2D eigenvalue weighted by atomic mass is 16.5. The molecule has 0 saturated heterocycles. The van der Waals surface area contributed by atoms with Crippen LogP contribution in [0.15, 0.2) is 42.5 Å². The minimum absolute atomic E-state index is 0.447. The number of nitrogens with zero attached hydrogens (tertiary/aromatic N) is 2. The van der Waals surface area contributed by atoms with Gasteiger partial charge in [-0.2, -0.15) is 0 Å². The Kier molecular flexibility index (Phi) is 5.17. The van der Waals surface area contributed by atoms with E-state index in [0.29, 0.717) is 6.04 Å². The third kappa shape index (κ3) is 3.95. The standard InChI is InChI=1S/C17H23N3O/c1-13(2)18-12-14-8-7-11-17(19-14)20(3)15-9-5-6-10-16(15)21-4/h5-11,13,18H,12H2,1-4H3.